The maximum Gasteiger partial charge on any atom is 0.261 e. The molecule has 0 saturated carbocycles. The van der Waals surface area contributed by atoms with Crippen molar-refractivity contribution in [2.75, 3.05) is 0 Å². The van der Waals surface area contributed by atoms with Crippen molar-refractivity contribution < 1.29 is 9.32 Å². The van der Waals surface area contributed by atoms with Gasteiger partial charge in [-0.3, -0.25) is 9.20 Å². The Morgan fingerprint density at radius 3 is 2.89 bits per heavy atom. The zero-order chi connectivity index (χ0) is 18.8. The van der Waals surface area contributed by atoms with Crippen LogP contribution in [0.2, 0.25) is 0 Å². The highest BCUT2D eigenvalue weighted by Gasteiger charge is 2.16. The monoisotopic (exact) mass is 362 g/mol. The van der Waals surface area contributed by atoms with Gasteiger partial charge in [-0.15, -0.1) is 10.2 Å². The number of carbonyl (C=O) groups is 1. The molecule has 0 saturated heterocycles. The summed E-state index contributed by atoms with van der Waals surface area (Å²) in [6.07, 6.45) is 2.53. The van der Waals surface area contributed by atoms with Crippen LogP contribution < -0.4 is 5.32 Å². The standard InChI is InChI=1S/C19H18N6O2/c1-3-15-21-19(27-24-15)14-8-5-9-25-16(22-23-17(14)25)11-20-18(26)13-7-4-6-12(2)10-13/h4-10H,3,11H2,1-2H3,(H,20,26). The number of carbonyl (C=O) groups excluding carboxylic acids is 1. The number of aromatic nitrogens is 5. The quantitative estimate of drug-likeness (QED) is 0.586. The lowest BCUT2D eigenvalue weighted by atomic mass is 10.1. The lowest BCUT2D eigenvalue weighted by molar-refractivity contribution is 0.0949. The molecule has 3 heterocycles. The van der Waals surface area contributed by atoms with Crippen molar-refractivity contribution in [3.05, 3.63) is 65.4 Å². The number of hydrogen-bond acceptors (Lipinski definition) is 6. The summed E-state index contributed by atoms with van der Waals surface area (Å²) in [7, 11) is 0. The van der Waals surface area contributed by atoms with Crippen LogP contribution in [0.1, 0.15) is 34.5 Å². The van der Waals surface area contributed by atoms with Crippen molar-refractivity contribution in [3.63, 3.8) is 0 Å². The predicted octanol–water partition coefficient (Wildman–Crippen LogP) is 2.58. The molecular formula is C19H18N6O2. The van der Waals surface area contributed by atoms with Crippen LogP contribution in [0.15, 0.2) is 47.1 Å². The van der Waals surface area contributed by atoms with Crippen LogP contribution in [0.5, 0.6) is 0 Å². The van der Waals surface area contributed by atoms with E-state index in [2.05, 4.69) is 25.7 Å². The number of amides is 1. The highest BCUT2D eigenvalue weighted by molar-refractivity contribution is 5.94. The molecule has 8 nitrogen and oxygen atoms in total. The van der Waals surface area contributed by atoms with Crippen LogP contribution in [-0.4, -0.2) is 30.6 Å². The molecular weight excluding hydrogens is 344 g/mol. The van der Waals surface area contributed by atoms with E-state index in [9.17, 15) is 4.79 Å². The van der Waals surface area contributed by atoms with E-state index in [-0.39, 0.29) is 12.5 Å². The van der Waals surface area contributed by atoms with Crippen molar-refractivity contribution >= 4 is 11.6 Å². The fourth-order valence-electron chi connectivity index (χ4n) is 2.81. The fourth-order valence-corrected chi connectivity index (χ4v) is 2.81. The Bertz CT molecular complexity index is 1110. The predicted molar refractivity (Wildman–Crippen MR) is 98.0 cm³/mol. The Morgan fingerprint density at radius 1 is 1.22 bits per heavy atom. The molecule has 4 rings (SSSR count). The van der Waals surface area contributed by atoms with Crippen LogP contribution in [0.4, 0.5) is 0 Å². The number of nitrogens with one attached hydrogen (secondary N) is 1. The molecule has 0 fully saturated rings. The van der Waals surface area contributed by atoms with E-state index in [1.54, 1.807) is 6.07 Å². The van der Waals surface area contributed by atoms with E-state index >= 15 is 0 Å². The van der Waals surface area contributed by atoms with Gasteiger partial charge in [-0.05, 0) is 31.2 Å². The average molecular weight is 362 g/mol. The van der Waals surface area contributed by atoms with E-state index in [1.165, 1.54) is 0 Å². The number of pyridine rings is 1. The van der Waals surface area contributed by atoms with Gasteiger partial charge in [0.2, 0.25) is 0 Å². The Morgan fingerprint density at radius 2 is 2.11 bits per heavy atom. The topological polar surface area (TPSA) is 98.2 Å². The lowest BCUT2D eigenvalue weighted by Gasteiger charge is -2.05. The highest BCUT2D eigenvalue weighted by Crippen LogP contribution is 2.22. The summed E-state index contributed by atoms with van der Waals surface area (Å²) in [6.45, 7) is 4.16. The zero-order valence-corrected chi connectivity index (χ0v) is 15.0. The third kappa shape index (κ3) is 3.29. The SMILES string of the molecule is CCc1noc(-c2cccn3c(CNC(=O)c4cccc(C)c4)nnc23)n1. The van der Waals surface area contributed by atoms with Crippen molar-refractivity contribution in [1.82, 2.24) is 30.1 Å². The largest absolute Gasteiger partial charge is 0.345 e. The van der Waals surface area contributed by atoms with Gasteiger partial charge in [-0.1, -0.05) is 29.8 Å². The van der Waals surface area contributed by atoms with E-state index < -0.39 is 0 Å². The van der Waals surface area contributed by atoms with Gasteiger partial charge in [0.15, 0.2) is 17.3 Å². The summed E-state index contributed by atoms with van der Waals surface area (Å²) in [6, 6.07) is 11.1. The zero-order valence-electron chi connectivity index (χ0n) is 15.0. The molecule has 0 aliphatic heterocycles. The molecule has 0 unspecified atom stereocenters. The number of aryl methyl sites for hydroxylation is 2. The van der Waals surface area contributed by atoms with E-state index in [0.29, 0.717) is 40.7 Å². The van der Waals surface area contributed by atoms with Gasteiger partial charge in [0.1, 0.15) is 0 Å². The summed E-state index contributed by atoms with van der Waals surface area (Å²) in [4.78, 5) is 16.7. The third-order valence-corrected chi connectivity index (χ3v) is 4.21. The summed E-state index contributed by atoms with van der Waals surface area (Å²) in [5, 5.41) is 15.2. The van der Waals surface area contributed by atoms with Crippen molar-refractivity contribution in [1.29, 1.82) is 0 Å². The van der Waals surface area contributed by atoms with Crippen LogP contribution in [0.3, 0.4) is 0 Å². The normalized spacial score (nSPS) is 11.0. The summed E-state index contributed by atoms with van der Waals surface area (Å²) >= 11 is 0. The third-order valence-electron chi connectivity index (χ3n) is 4.21. The van der Waals surface area contributed by atoms with Crippen molar-refractivity contribution in [2.24, 2.45) is 0 Å². The first-order valence-electron chi connectivity index (χ1n) is 8.66. The molecule has 0 radical (unpaired) electrons. The number of rotatable bonds is 5. The first-order chi connectivity index (χ1) is 13.2. The second-order valence-corrected chi connectivity index (χ2v) is 6.15. The second-order valence-electron chi connectivity index (χ2n) is 6.15. The van der Waals surface area contributed by atoms with Gasteiger partial charge < -0.3 is 9.84 Å². The van der Waals surface area contributed by atoms with Gasteiger partial charge in [-0.25, -0.2) is 0 Å². The average Bonchev–Trinajstić information content (AvgIpc) is 3.33. The maximum atomic E-state index is 12.4. The van der Waals surface area contributed by atoms with Crippen LogP contribution in [-0.2, 0) is 13.0 Å². The Hall–Kier alpha value is -3.55. The molecule has 0 spiro atoms. The summed E-state index contributed by atoms with van der Waals surface area (Å²) in [5.74, 6) is 1.50. The van der Waals surface area contributed by atoms with Gasteiger partial charge in [-0.2, -0.15) is 4.98 Å². The maximum absolute atomic E-state index is 12.4. The van der Waals surface area contributed by atoms with Gasteiger partial charge in [0, 0.05) is 18.2 Å². The minimum atomic E-state index is -0.156. The fraction of sp³-hybridized carbons (Fsp3) is 0.211. The van der Waals surface area contributed by atoms with Gasteiger partial charge in [0.05, 0.1) is 12.1 Å². The molecule has 0 bridgehead atoms. The Labute approximate surface area is 155 Å². The Kier molecular flexibility index (Phi) is 4.37. The number of hydrogen-bond donors (Lipinski definition) is 1. The van der Waals surface area contributed by atoms with Gasteiger partial charge in [0.25, 0.3) is 11.8 Å². The highest BCUT2D eigenvalue weighted by atomic mass is 16.5. The minimum absolute atomic E-state index is 0.156. The van der Waals surface area contributed by atoms with Crippen molar-refractivity contribution in [2.45, 2.75) is 26.8 Å². The first kappa shape index (κ1) is 16.9. The van der Waals surface area contributed by atoms with Crippen LogP contribution >= 0.6 is 0 Å². The molecule has 27 heavy (non-hydrogen) atoms. The molecule has 0 atom stereocenters. The number of fused-ring (bicyclic) bond motifs is 1. The van der Waals surface area contributed by atoms with Crippen LogP contribution in [0, 0.1) is 6.92 Å². The molecule has 1 amide bonds. The molecule has 0 aliphatic rings. The molecule has 1 aromatic carbocycles. The molecule has 8 heteroatoms. The number of benzene rings is 1. The van der Waals surface area contributed by atoms with Crippen molar-refractivity contribution in [3.8, 4) is 11.5 Å². The molecule has 4 aromatic rings. The lowest BCUT2D eigenvalue weighted by Crippen LogP contribution is -2.24. The number of nitrogens with zero attached hydrogens (tertiary/aromatic N) is 5. The molecule has 136 valence electrons. The Balaban J connectivity index is 1.58. The molecule has 0 aliphatic carbocycles. The van der Waals surface area contributed by atoms with Gasteiger partial charge >= 0.3 is 0 Å². The van der Waals surface area contributed by atoms with Crippen LogP contribution in [0.25, 0.3) is 17.1 Å². The minimum Gasteiger partial charge on any atom is -0.345 e. The smallest absolute Gasteiger partial charge is 0.261 e. The second kappa shape index (κ2) is 6.99. The van der Waals surface area contributed by atoms with E-state index in [1.807, 2.05) is 54.8 Å². The molecule has 1 N–H and O–H groups in total. The molecule has 3 aromatic heterocycles. The summed E-state index contributed by atoms with van der Waals surface area (Å²) in [5.41, 5.74) is 2.95. The van der Waals surface area contributed by atoms with E-state index in [4.69, 9.17) is 4.52 Å². The summed E-state index contributed by atoms with van der Waals surface area (Å²) < 4.78 is 7.12. The van der Waals surface area contributed by atoms with E-state index in [0.717, 1.165) is 5.56 Å². The first-order valence-corrected chi connectivity index (χ1v) is 8.66.